The Kier molecular flexibility index (Phi) is 6.94. The second kappa shape index (κ2) is 10.4. The fourth-order valence-electron chi connectivity index (χ4n) is 4.95. The van der Waals surface area contributed by atoms with Crippen molar-refractivity contribution in [2.45, 2.75) is 32.0 Å². The molecule has 5 rings (SSSR count). The number of halogens is 1. The van der Waals surface area contributed by atoms with Gasteiger partial charge in [0.15, 0.2) is 0 Å². The highest BCUT2D eigenvalue weighted by molar-refractivity contribution is 6.30. The standard InChI is InChI=1S/C30H29ClN2O/c31-26-15-13-24(14-16-26)22-33(30(34)29-12-6-10-25-9-4-5-11-28(25)29)27-17-19-32(20-18-27)21-23-7-2-1-3-8-23/h1-16,27H,17-22H2. The van der Waals surface area contributed by atoms with Crippen molar-refractivity contribution in [2.24, 2.45) is 0 Å². The Morgan fingerprint density at radius 3 is 2.24 bits per heavy atom. The van der Waals surface area contributed by atoms with Crippen LogP contribution in [0.2, 0.25) is 5.02 Å². The molecule has 172 valence electrons. The van der Waals surface area contributed by atoms with Gasteiger partial charge < -0.3 is 4.90 Å². The molecule has 4 heteroatoms. The summed E-state index contributed by atoms with van der Waals surface area (Å²) in [6.45, 7) is 3.52. The first-order valence-corrected chi connectivity index (χ1v) is 12.3. The van der Waals surface area contributed by atoms with Crippen LogP contribution >= 0.6 is 11.6 Å². The van der Waals surface area contributed by atoms with E-state index < -0.39 is 0 Å². The highest BCUT2D eigenvalue weighted by Gasteiger charge is 2.29. The third kappa shape index (κ3) is 5.16. The van der Waals surface area contributed by atoms with Gasteiger partial charge in [-0.2, -0.15) is 0 Å². The lowest BCUT2D eigenvalue weighted by molar-refractivity contribution is 0.0545. The van der Waals surface area contributed by atoms with Crippen molar-refractivity contribution in [1.82, 2.24) is 9.80 Å². The smallest absolute Gasteiger partial charge is 0.255 e. The normalized spacial score (nSPS) is 14.9. The highest BCUT2D eigenvalue weighted by atomic mass is 35.5. The lowest BCUT2D eigenvalue weighted by Crippen LogP contribution is -2.47. The van der Waals surface area contributed by atoms with Crippen LogP contribution in [0.4, 0.5) is 0 Å². The van der Waals surface area contributed by atoms with Gasteiger partial charge in [0.05, 0.1) is 0 Å². The average Bonchev–Trinajstić information content (AvgIpc) is 2.89. The minimum Gasteiger partial charge on any atom is -0.331 e. The SMILES string of the molecule is O=C(c1cccc2ccccc12)N(Cc1ccc(Cl)cc1)C1CCN(Cc2ccccc2)CC1. The molecule has 0 atom stereocenters. The van der Waals surface area contributed by atoms with E-state index in [0.717, 1.165) is 54.4 Å². The molecule has 34 heavy (non-hydrogen) atoms. The Labute approximate surface area is 206 Å². The Hall–Kier alpha value is -3.14. The molecule has 0 aliphatic carbocycles. The number of nitrogens with zero attached hydrogens (tertiary/aromatic N) is 2. The second-order valence-corrected chi connectivity index (χ2v) is 9.52. The molecule has 3 nitrogen and oxygen atoms in total. The number of piperidine rings is 1. The third-order valence-electron chi connectivity index (χ3n) is 6.79. The quantitative estimate of drug-likeness (QED) is 0.310. The minimum absolute atomic E-state index is 0.105. The lowest BCUT2D eigenvalue weighted by atomic mass is 9.98. The van der Waals surface area contributed by atoms with Crippen molar-refractivity contribution in [3.8, 4) is 0 Å². The fourth-order valence-corrected chi connectivity index (χ4v) is 5.08. The molecule has 4 aromatic rings. The van der Waals surface area contributed by atoms with Gasteiger partial charge in [-0.1, -0.05) is 90.5 Å². The van der Waals surface area contributed by atoms with E-state index in [1.807, 2.05) is 54.6 Å². The van der Waals surface area contributed by atoms with Gasteiger partial charge in [0.1, 0.15) is 0 Å². The molecule has 4 aromatic carbocycles. The number of rotatable bonds is 6. The summed E-state index contributed by atoms with van der Waals surface area (Å²) in [5.41, 5.74) is 3.22. The molecule has 0 aromatic heterocycles. The van der Waals surface area contributed by atoms with E-state index in [9.17, 15) is 4.79 Å². The number of carbonyl (C=O) groups excluding carboxylic acids is 1. The van der Waals surface area contributed by atoms with E-state index in [2.05, 4.69) is 52.3 Å². The predicted molar refractivity (Wildman–Crippen MR) is 140 cm³/mol. The van der Waals surface area contributed by atoms with E-state index in [4.69, 9.17) is 11.6 Å². The number of hydrogen-bond acceptors (Lipinski definition) is 2. The van der Waals surface area contributed by atoms with Crippen LogP contribution < -0.4 is 0 Å². The Morgan fingerprint density at radius 1 is 0.794 bits per heavy atom. The zero-order valence-corrected chi connectivity index (χ0v) is 20.0. The lowest BCUT2D eigenvalue weighted by Gasteiger charge is -2.39. The van der Waals surface area contributed by atoms with Crippen molar-refractivity contribution in [3.05, 3.63) is 119 Å². The Balaban J connectivity index is 1.38. The van der Waals surface area contributed by atoms with Crippen LogP contribution in [0.25, 0.3) is 10.8 Å². The predicted octanol–water partition coefficient (Wildman–Crippen LogP) is 6.80. The molecule has 0 bridgehead atoms. The van der Waals surface area contributed by atoms with Gasteiger partial charge in [-0.15, -0.1) is 0 Å². The number of likely N-dealkylation sites (tertiary alicyclic amines) is 1. The third-order valence-corrected chi connectivity index (χ3v) is 7.05. The maximum absolute atomic E-state index is 14.0. The second-order valence-electron chi connectivity index (χ2n) is 9.08. The summed E-state index contributed by atoms with van der Waals surface area (Å²) in [4.78, 5) is 18.6. The van der Waals surface area contributed by atoms with Gasteiger partial charge in [-0.25, -0.2) is 0 Å². The monoisotopic (exact) mass is 468 g/mol. The summed E-state index contributed by atoms with van der Waals surface area (Å²) >= 11 is 6.12. The maximum Gasteiger partial charge on any atom is 0.255 e. The molecule has 1 heterocycles. The first-order chi connectivity index (χ1) is 16.7. The van der Waals surface area contributed by atoms with Crippen LogP contribution in [-0.4, -0.2) is 34.8 Å². The van der Waals surface area contributed by atoms with Crippen molar-refractivity contribution in [3.63, 3.8) is 0 Å². The van der Waals surface area contributed by atoms with Gasteiger partial charge in [0.25, 0.3) is 5.91 Å². The van der Waals surface area contributed by atoms with Crippen molar-refractivity contribution in [2.75, 3.05) is 13.1 Å². The number of benzene rings is 4. The molecule has 0 saturated carbocycles. The van der Waals surface area contributed by atoms with Gasteiger partial charge in [0, 0.05) is 42.8 Å². The summed E-state index contributed by atoms with van der Waals surface area (Å²) in [5, 5.41) is 2.82. The average molecular weight is 469 g/mol. The molecule has 1 amide bonds. The summed E-state index contributed by atoms with van der Waals surface area (Å²) in [6.07, 6.45) is 1.94. The Bertz CT molecular complexity index is 1240. The summed E-state index contributed by atoms with van der Waals surface area (Å²) in [6, 6.07) is 32.8. The van der Waals surface area contributed by atoms with Gasteiger partial charge in [0.2, 0.25) is 0 Å². The van der Waals surface area contributed by atoms with Crippen LogP contribution in [0.3, 0.4) is 0 Å². The molecular formula is C30H29ClN2O. The first-order valence-electron chi connectivity index (χ1n) is 12.0. The maximum atomic E-state index is 14.0. The number of amides is 1. The van der Waals surface area contributed by atoms with Crippen LogP contribution in [-0.2, 0) is 13.1 Å². The van der Waals surface area contributed by atoms with Crippen molar-refractivity contribution < 1.29 is 4.79 Å². The molecule has 1 fully saturated rings. The van der Waals surface area contributed by atoms with Crippen LogP contribution in [0.15, 0.2) is 97.1 Å². The number of hydrogen-bond donors (Lipinski definition) is 0. The Morgan fingerprint density at radius 2 is 1.47 bits per heavy atom. The zero-order chi connectivity index (χ0) is 23.3. The summed E-state index contributed by atoms with van der Waals surface area (Å²) < 4.78 is 0. The number of fused-ring (bicyclic) bond motifs is 1. The molecule has 1 saturated heterocycles. The summed E-state index contributed by atoms with van der Waals surface area (Å²) in [7, 11) is 0. The van der Waals surface area contributed by atoms with E-state index in [1.165, 1.54) is 5.56 Å². The molecule has 0 N–H and O–H groups in total. The first kappa shape index (κ1) is 22.6. The van der Waals surface area contributed by atoms with Gasteiger partial charge in [-0.3, -0.25) is 9.69 Å². The highest BCUT2D eigenvalue weighted by Crippen LogP contribution is 2.26. The van der Waals surface area contributed by atoms with Crippen LogP contribution in [0.1, 0.15) is 34.3 Å². The van der Waals surface area contributed by atoms with Crippen molar-refractivity contribution in [1.29, 1.82) is 0 Å². The topological polar surface area (TPSA) is 23.6 Å². The van der Waals surface area contributed by atoms with E-state index in [0.29, 0.717) is 11.6 Å². The molecule has 1 aliphatic heterocycles. The minimum atomic E-state index is 0.105. The van der Waals surface area contributed by atoms with Crippen LogP contribution in [0.5, 0.6) is 0 Å². The molecule has 1 aliphatic rings. The van der Waals surface area contributed by atoms with E-state index in [1.54, 1.807) is 0 Å². The molecule has 0 unspecified atom stereocenters. The van der Waals surface area contributed by atoms with Gasteiger partial charge >= 0.3 is 0 Å². The molecule has 0 spiro atoms. The molecular weight excluding hydrogens is 440 g/mol. The van der Waals surface area contributed by atoms with Gasteiger partial charge in [-0.05, 0) is 52.9 Å². The van der Waals surface area contributed by atoms with Crippen LogP contribution in [0, 0.1) is 0 Å². The van der Waals surface area contributed by atoms with Crippen molar-refractivity contribution >= 4 is 28.3 Å². The molecule has 0 radical (unpaired) electrons. The van der Waals surface area contributed by atoms with E-state index >= 15 is 0 Å². The zero-order valence-electron chi connectivity index (χ0n) is 19.2. The fraction of sp³-hybridized carbons (Fsp3) is 0.233. The summed E-state index contributed by atoms with van der Waals surface area (Å²) in [5.74, 6) is 0.105. The largest absolute Gasteiger partial charge is 0.331 e. The number of carbonyl (C=O) groups is 1. The van der Waals surface area contributed by atoms with E-state index in [-0.39, 0.29) is 11.9 Å².